The van der Waals surface area contributed by atoms with Crippen LogP contribution in [0, 0.1) is 18.3 Å². The number of ether oxygens (including phenoxy) is 1. The Balaban J connectivity index is 2.00. The smallest absolute Gasteiger partial charge is 0.180 e. The summed E-state index contributed by atoms with van der Waals surface area (Å²) in [5.74, 6) is 0.746. The van der Waals surface area contributed by atoms with E-state index in [2.05, 4.69) is 30.1 Å². The van der Waals surface area contributed by atoms with Gasteiger partial charge in [-0.05, 0) is 31.0 Å². The zero-order valence-electron chi connectivity index (χ0n) is 13.4. The van der Waals surface area contributed by atoms with Crippen LogP contribution in [0.2, 0.25) is 0 Å². The predicted octanol–water partition coefficient (Wildman–Crippen LogP) is 4.24. The predicted molar refractivity (Wildman–Crippen MR) is 89.3 cm³/mol. The van der Waals surface area contributed by atoms with Gasteiger partial charge in [-0.2, -0.15) is 5.26 Å². The van der Waals surface area contributed by atoms with Crippen molar-refractivity contribution in [3.8, 4) is 11.8 Å². The molecule has 0 amide bonds. The average molecular weight is 305 g/mol. The molecular weight excluding hydrogens is 286 g/mol. The lowest BCUT2D eigenvalue weighted by Crippen LogP contribution is -2.07. The molecule has 0 bridgehead atoms. The third-order valence-electron chi connectivity index (χ3n) is 3.97. The molecule has 23 heavy (non-hydrogen) atoms. The largest absolute Gasteiger partial charge is 0.482 e. The molecule has 4 heteroatoms. The number of pyridine rings is 1. The van der Waals surface area contributed by atoms with Gasteiger partial charge in [0.2, 0.25) is 0 Å². The molecule has 116 valence electrons. The van der Waals surface area contributed by atoms with Gasteiger partial charge in [-0.3, -0.25) is 4.40 Å². The maximum Gasteiger partial charge on any atom is 0.180 e. The minimum absolute atomic E-state index is 0.0150. The molecule has 1 unspecified atom stereocenters. The van der Waals surface area contributed by atoms with Gasteiger partial charge in [-0.1, -0.05) is 37.3 Å². The average Bonchev–Trinajstić information content (AvgIpc) is 2.90. The Labute approximate surface area is 136 Å². The highest BCUT2D eigenvalue weighted by molar-refractivity contribution is 5.56. The van der Waals surface area contributed by atoms with E-state index in [9.17, 15) is 0 Å². The summed E-state index contributed by atoms with van der Waals surface area (Å²) >= 11 is 0. The van der Waals surface area contributed by atoms with Crippen LogP contribution in [0.1, 0.15) is 36.4 Å². The Bertz CT molecular complexity index is 846. The standard InChI is InChI=1S/C19H19N3O/c1-3-17(15-8-5-4-6-9-15)23-18-10-7-13-22-16(11-12-20)14(2)21-19(18)22/h4-10,13,17H,3,11H2,1-2H3. The van der Waals surface area contributed by atoms with E-state index in [4.69, 9.17) is 10.00 Å². The highest BCUT2D eigenvalue weighted by Crippen LogP contribution is 2.28. The number of hydrogen-bond acceptors (Lipinski definition) is 3. The Hall–Kier alpha value is -2.80. The van der Waals surface area contributed by atoms with Crippen LogP contribution in [-0.4, -0.2) is 9.38 Å². The van der Waals surface area contributed by atoms with E-state index < -0.39 is 0 Å². The summed E-state index contributed by atoms with van der Waals surface area (Å²) in [5.41, 5.74) is 3.71. The minimum Gasteiger partial charge on any atom is -0.482 e. The fourth-order valence-corrected chi connectivity index (χ4v) is 2.79. The fourth-order valence-electron chi connectivity index (χ4n) is 2.79. The summed E-state index contributed by atoms with van der Waals surface area (Å²) in [6.45, 7) is 4.04. The van der Waals surface area contributed by atoms with Gasteiger partial charge in [0.15, 0.2) is 11.4 Å². The number of aromatic nitrogens is 2. The first-order valence-electron chi connectivity index (χ1n) is 7.79. The van der Waals surface area contributed by atoms with Gasteiger partial charge in [0.1, 0.15) is 6.10 Å². The zero-order valence-corrected chi connectivity index (χ0v) is 13.4. The van der Waals surface area contributed by atoms with E-state index in [1.165, 1.54) is 0 Å². The van der Waals surface area contributed by atoms with Crippen LogP contribution in [0.5, 0.6) is 5.75 Å². The van der Waals surface area contributed by atoms with Gasteiger partial charge < -0.3 is 4.74 Å². The molecule has 0 N–H and O–H groups in total. The Morgan fingerprint density at radius 2 is 2.00 bits per heavy atom. The number of benzene rings is 1. The quantitative estimate of drug-likeness (QED) is 0.708. The minimum atomic E-state index is -0.0150. The van der Waals surface area contributed by atoms with Crippen LogP contribution in [0.15, 0.2) is 48.7 Å². The third kappa shape index (κ3) is 2.91. The number of nitrogens with zero attached hydrogens (tertiary/aromatic N) is 3. The first kappa shape index (κ1) is 15.1. The van der Waals surface area contributed by atoms with Gasteiger partial charge in [0.25, 0.3) is 0 Å². The second kappa shape index (κ2) is 6.53. The second-order valence-corrected chi connectivity index (χ2v) is 5.47. The molecule has 4 nitrogen and oxygen atoms in total. The van der Waals surface area contributed by atoms with E-state index in [0.717, 1.165) is 34.8 Å². The number of aryl methyl sites for hydroxylation is 1. The molecule has 0 saturated carbocycles. The molecular formula is C19H19N3O. The van der Waals surface area contributed by atoms with Gasteiger partial charge in [0.05, 0.1) is 23.9 Å². The van der Waals surface area contributed by atoms with Crippen molar-refractivity contribution < 1.29 is 4.74 Å². The highest BCUT2D eigenvalue weighted by atomic mass is 16.5. The molecule has 3 rings (SSSR count). The summed E-state index contributed by atoms with van der Waals surface area (Å²) in [5, 5.41) is 9.00. The summed E-state index contributed by atoms with van der Waals surface area (Å²) < 4.78 is 8.19. The molecule has 2 aromatic heterocycles. The monoisotopic (exact) mass is 305 g/mol. The first-order chi connectivity index (χ1) is 11.2. The number of fused-ring (bicyclic) bond motifs is 1. The van der Waals surface area contributed by atoms with E-state index in [-0.39, 0.29) is 6.10 Å². The van der Waals surface area contributed by atoms with Crippen LogP contribution in [0.4, 0.5) is 0 Å². The van der Waals surface area contributed by atoms with Crippen molar-refractivity contribution in [3.05, 3.63) is 65.6 Å². The molecule has 3 aromatic rings. The van der Waals surface area contributed by atoms with Crippen molar-refractivity contribution in [2.45, 2.75) is 32.8 Å². The van der Waals surface area contributed by atoms with Crippen molar-refractivity contribution in [2.75, 3.05) is 0 Å². The van der Waals surface area contributed by atoms with Crippen molar-refractivity contribution in [1.29, 1.82) is 5.26 Å². The number of imidazole rings is 1. The molecule has 0 aliphatic rings. The van der Waals surface area contributed by atoms with Gasteiger partial charge in [-0.25, -0.2) is 4.98 Å². The number of nitriles is 1. The molecule has 0 fully saturated rings. The van der Waals surface area contributed by atoms with Gasteiger partial charge in [-0.15, -0.1) is 0 Å². The Kier molecular flexibility index (Phi) is 4.29. The Morgan fingerprint density at radius 1 is 1.22 bits per heavy atom. The molecule has 0 saturated heterocycles. The first-order valence-corrected chi connectivity index (χ1v) is 7.79. The maximum atomic E-state index is 9.00. The molecule has 0 spiro atoms. The van der Waals surface area contributed by atoms with E-state index in [0.29, 0.717) is 6.42 Å². The van der Waals surface area contributed by atoms with Crippen LogP contribution in [0.25, 0.3) is 5.65 Å². The molecule has 0 aliphatic carbocycles. The van der Waals surface area contributed by atoms with E-state index in [1.807, 2.05) is 47.9 Å². The fraction of sp³-hybridized carbons (Fsp3) is 0.263. The van der Waals surface area contributed by atoms with Crippen LogP contribution in [-0.2, 0) is 6.42 Å². The molecule has 1 aromatic carbocycles. The van der Waals surface area contributed by atoms with Gasteiger partial charge >= 0.3 is 0 Å². The topological polar surface area (TPSA) is 50.3 Å². The molecule has 0 aliphatic heterocycles. The maximum absolute atomic E-state index is 9.00. The second-order valence-electron chi connectivity index (χ2n) is 5.47. The summed E-state index contributed by atoms with van der Waals surface area (Å²) in [6, 6.07) is 16.3. The summed E-state index contributed by atoms with van der Waals surface area (Å²) in [6.07, 6.45) is 3.12. The van der Waals surface area contributed by atoms with Crippen LogP contribution in [0.3, 0.4) is 0 Å². The molecule has 1 atom stereocenters. The number of rotatable bonds is 5. The SMILES string of the molecule is CCC(Oc1cccn2c(CC#N)c(C)nc12)c1ccccc1. The van der Waals surface area contributed by atoms with Gasteiger partial charge in [0, 0.05) is 6.20 Å². The molecule has 2 heterocycles. The van der Waals surface area contributed by atoms with Crippen molar-refractivity contribution in [1.82, 2.24) is 9.38 Å². The van der Waals surface area contributed by atoms with E-state index >= 15 is 0 Å². The van der Waals surface area contributed by atoms with Crippen molar-refractivity contribution in [3.63, 3.8) is 0 Å². The van der Waals surface area contributed by atoms with E-state index in [1.54, 1.807) is 0 Å². The highest BCUT2D eigenvalue weighted by Gasteiger charge is 2.16. The Morgan fingerprint density at radius 3 is 2.70 bits per heavy atom. The van der Waals surface area contributed by atoms with Crippen molar-refractivity contribution >= 4 is 5.65 Å². The lowest BCUT2D eigenvalue weighted by atomic mass is 10.1. The van der Waals surface area contributed by atoms with Crippen LogP contribution < -0.4 is 4.74 Å². The summed E-state index contributed by atoms with van der Waals surface area (Å²) in [7, 11) is 0. The normalized spacial score (nSPS) is 12.0. The summed E-state index contributed by atoms with van der Waals surface area (Å²) in [4.78, 5) is 4.60. The van der Waals surface area contributed by atoms with Crippen molar-refractivity contribution in [2.24, 2.45) is 0 Å². The third-order valence-corrected chi connectivity index (χ3v) is 3.97. The molecule has 0 radical (unpaired) electrons. The lowest BCUT2D eigenvalue weighted by Gasteiger charge is -2.18. The number of hydrogen-bond donors (Lipinski definition) is 0. The lowest BCUT2D eigenvalue weighted by molar-refractivity contribution is 0.203. The van der Waals surface area contributed by atoms with Crippen LogP contribution >= 0.6 is 0 Å². The zero-order chi connectivity index (χ0) is 16.2.